The zero-order valence-electron chi connectivity index (χ0n) is 20.3. The van der Waals surface area contributed by atoms with E-state index in [0.29, 0.717) is 16.5 Å². The van der Waals surface area contributed by atoms with E-state index in [1.54, 1.807) is 0 Å². The van der Waals surface area contributed by atoms with E-state index in [9.17, 15) is 34.5 Å². The van der Waals surface area contributed by atoms with Crippen molar-refractivity contribution in [2.75, 3.05) is 13.1 Å². The van der Waals surface area contributed by atoms with Gasteiger partial charge in [0.05, 0.1) is 5.56 Å². The molecule has 192 valence electrons. The predicted molar refractivity (Wildman–Crippen MR) is 123 cm³/mol. The van der Waals surface area contributed by atoms with Crippen molar-refractivity contribution in [1.29, 1.82) is 0 Å². The number of benzene rings is 2. The van der Waals surface area contributed by atoms with Crippen LogP contribution in [-0.2, 0) is 9.59 Å². The molecule has 2 aromatic carbocycles. The summed E-state index contributed by atoms with van der Waals surface area (Å²) in [5, 5.41) is 44.9. The number of phenols is 1. The predicted octanol–water partition coefficient (Wildman–Crippen LogP) is -5.50. The maximum Gasteiger partial charge on any atom is 1.00 e. The van der Waals surface area contributed by atoms with Gasteiger partial charge in [0.15, 0.2) is 0 Å². The first-order valence-corrected chi connectivity index (χ1v) is 10.7. The Hall–Kier alpha value is -1.54. The van der Waals surface area contributed by atoms with Crippen LogP contribution in [0.25, 0.3) is 0 Å². The number of hydrogen-bond donors (Lipinski definition) is 4. The number of carboxylic acid groups (broad SMARTS) is 2. The molecule has 0 saturated carbocycles. The summed E-state index contributed by atoms with van der Waals surface area (Å²) in [5.41, 5.74) is 0.0266. The van der Waals surface area contributed by atoms with E-state index in [0.717, 1.165) is 0 Å². The third-order valence-electron chi connectivity index (χ3n) is 4.09. The molecule has 11 nitrogen and oxygen atoms in total. The van der Waals surface area contributed by atoms with E-state index < -0.39 is 29.5 Å². The summed E-state index contributed by atoms with van der Waals surface area (Å²) >= 11 is 11.4. The summed E-state index contributed by atoms with van der Waals surface area (Å²) < 4.78 is 0. The number of halogens is 2. The molecule has 0 aliphatic carbocycles. The number of nitrogens with one attached hydrogen (secondary N) is 2. The fourth-order valence-electron chi connectivity index (χ4n) is 2.44. The number of carbonyl (C=O) groups excluding carboxylic acids is 3. The molecule has 37 heavy (non-hydrogen) atoms. The van der Waals surface area contributed by atoms with Crippen LogP contribution in [0.3, 0.4) is 0 Å². The first-order chi connectivity index (χ1) is 16.0. The van der Waals surface area contributed by atoms with Gasteiger partial charge in [-0.25, -0.2) is 0 Å². The maximum atomic E-state index is 11.6. The zero-order chi connectivity index (χ0) is 25.7. The minimum absolute atomic E-state index is 0. The van der Waals surface area contributed by atoms with Gasteiger partial charge in [-0.1, -0.05) is 35.0 Å². The zero-order valence-corrected chi connectivity index (χ0v) is 25.8. The van der Waals surface area contributed by atoms with Crippen molar-refractivity contribution in [3.63, 3.8) is 0 Å². The summed E-state index contributed by atoms with van der Waals surface area (Å²) in [4.78, 5) is 43.5. The molecule has 2 aromatic rings. The normalized spacial score (nSPS) is 9.14. The van der Waals surface area contributed by atoms with E-state index in [2.05, 4.69) is 10.6 Å². The molecule has 0 fully saturated rings. The molecule has 2 amide bonds. The van der Waals surface area contributed by atoms with E-state index in [1.165, 1.54) is 36.4 Å². The van der Waals surface area contributed by atoms with Crippen molar-refractivity contribution >= 4 is 47.0 Å². The molecular formula is C22H24Cl2N2Na2O9. The van der Waals surface area contributed by atoms with Gasteiger partial charge in [0.1, 0.15) is 5.75 Å². The van der Waals surface area contributed by atoms with Crippen LogP contribution in [0.5, 0.6) is 11.5 Å². The third-order valence-corrected chi connectivity index (χ3v) is 4.56. The largest absolute Gasteiger partial charge is 1.00 e. The maximum absolute atomic E-state index is 11.6. The van der Waals surface area contributed by atoms with Crippen LogP contribution in [0.2, 0.25) is 10.0 Å². The van der Waals surface area contributed by atoms with Gasteiger partial charge in [-0.2, -0.15) is 0 Å². The monoisotopic (exact) mass is 576 g/mol. The number of carbonyl (C=O) groups is 4. The standard InChI is InChI=1S/2C11H12ClNO4.2Na.H2O/c2*12-7-3-4-9(14)8(6-7)11(17)13-5-1-2-10(15)16;;;/h2*3-4,6,14H,1-2,5H2,(H,13,17)(H,15,16);;;1H2/q;;2*+1;/p-2. The van der Waals surface area contributed by atoms with Crippen LogP contribution in [-0.4, -0.2) is 52.5 Å². The van der Waals surface area contributed by atoms with Crippen LogP contribution in [0, 0.1) is 0 Å². The second kappa shape index (κ2) is 21.4. The van der Waals surface area contributed by atoms with Gasteiger partial charge in [0, 0.05) is 41.1 Å². The molecule has 0 radical (unpaired) electrons. The topological polar surface area (TPSA) is 210 Å². The average Bonchev–Trinajstić information content (AvgIpc) is 2.77. The summed E-state index contributed by atoms with van der Waals surface area (Å²) in [6.45, 7) is 0.399. The Morgan fingerprint density at radius 3 is 1.78 bits per heavy atom. The van der Waals surface area contributed by atoms with Gasteiger partial charge >= 0.3 is 65.1 Å². The minimum atomic E-state index is -1.17. The minimum Gasteiger partial charge on any atom is -0.872 e. The fraction of sp³-hybridized carbons (Fsp3) is 0.273. The Balaban J connectivity index is -0.000000578. The molecule has 0 aromatic heterocycles. The van der Waals surface area contributed by atoms with Gasteiger partial charge in [-0.3, -0.25) is 14.4 Å². The Morgan fingerprint density at radius 1 is 0.811 bits per heavy atom. The number of carboxylic acids is 2. The second-order valence-electron chi connectivity index (χ2n) is 6.79. The molecule has 0 saturated heterocycles. The number of aliphatic carboxylic acids is 2. The molecule has 0 atom stereocenters. The fourth-order valence-corrected chi connectivity index (χ4v) is 2.78. The Morgan fingerprint density at radius 2 is 1.27 bits per heavy atom. The molecule has 0 spiro atoms. The van der Waals surface area contributed by atoms with Gasteiger partial charge in [0.25, 0.3) is 11.8 Å². The summed E-state index contributed by atoms with van der Waals surface area (Å²) in [6.07, 6.45) is 0.438. The number of hydrogen-bond acceptors (Lipinski definition) is 7. The van der Waals surface area contributed by atoms with Crippen LogP contribution in [0.1, 0.15) is 46.4 Å². The number of rotatable bonds is 10. The smallest absolute Gasteiger partial charge is 0.872 e. The summed E-state index contributed by atoms with van der Waals surface area (Å²) in [7, 11) is 0. The SMILES string of the molecule is O.O=C(O)CCCNC(=O)c1cc(Cl)ccc1O.O=C([O-])CCCNC(=O)c1cc(Cl)ccc1[O-].[Na+].[Na+]. The van der Waals surface area contributed by atoms with Gasteiger partial charge < -0.3 is 41.3 Å². The van der Waals surface area contributed by atoms with Crippen molar-refractivity contribution in [3.8, 4) is 11.5 Å². The van der Waals surface area contributed by atoms with E-state index in [1.807, 2.05) is 0 Å². The number of aromatic hydroxyl groups is 1. The molecule has 0 aliphatic heterocycles. The molecule has 0 heterocycles. The molecule has 15 heteroatoms. The number of phenolic OH excluding ortho intramolecular Hbond substituents is 1. The van der Waals surface area contributed by atoms with Crippen LogP contribution in [0.15, 0.2) is 36.4 Å². The van der Waals surface area contributed by atoms with Crippen molar-refractivity contribution < 1.29 is 104 Å². The second-order valence-corrected chi connectivity index (χ2v) is 7.66. The van der Waals surface area contributed by atoms with E-state index in [-0.39, 0.29) is 114 Å². The van der Waals surface area contributed by atoms with Crippen LogP contribution < -0.4 is 80.0 Å². The van der Waals surface area contributed by atoms with E-state index in [4.69, 9.17) is 28.3 Å². The van der Waals surface area contributed by atoms with Crippen molar-refractivity contribution in [3.05, 3.63) is 57.6 Å². The summed E-state index contributed by atoms with van der Waals surface area (Å²) in [6, 6.07) is 8.03. The Labute approximate surface area is 267 Å². The molecule has 2 rings (SSSR count). The van der Waals surface area contributed by atoms with E-state index >= 15 is 0 Å². The van der Waals surface area contributed by atoms with Crippen molar-refractivity contribution in [2.24, 2.45) is 0 Å². The van der Waals surface area contributed by atoms with Crippen LogP contribution >= 0.6 is 23.2 Å². The molecule has 0 unspecified atom stereocenters. The molecule has 0 bridgehead atoms. The van der Waals surface area contributed by atoms with Crippen LogP contribution in [0.4, 0.5) is 0 Å². The molecule has 0 aliphatic rings. The first kappa shape index (κ1) is 40.0. The average molecular weight is 577 g/mol. The van der Waals surface area contributed by atoms with Gasteiger partial charge in [0.2, 0.25) is 0 Å². The Bertz CT molecular complexity index is 962. The number of amides is 2. The third kappa shape index (κ3) is 16.8. The van der Waals surface area contributed by atoms with Gasteiger partial charge in [-0.05, 0) is 49.6 Å². The quantitative estimate of drug-likeness (QED) is 0.158. The summed E-state index contributed by atoms with van der Waals surface area (Å²) in [5.74, 6) is -3.71. The van der Waals surface area contributed by atoms with Gasteiger partial charge in [-0.15, -0.1) is 0 Å². The first-order valence-electron chi connectivity index (χ1n) is 9.94. The molecule has 6 N–H and O–H groups in total. The molecular weight excluding hydrogens is 553 g/mol. The Kier molecular flexibility index (Phi) is 23.1. The van der Waals surface area contributed by atoms with Crippen molar-refractivity contribution in [2.45, 2.75) is 25.7 Å². The van der Waals surface area contributed by atoms with Crippen molar-refractivity contribution in [1.82, 2.24) is 10.6 Å².